The number of hydrogen-bond donors (Lipinski definition) is 1. The molecule has 1 heterocycles. The average molecular weight is 278 g/mol. The maximum absolute atomic E-state index is 10.6. The molecule has 0 spiro atoms. The van der Waals surface area contributed by atoms with E-state index in [0.29, 0.717) is 11.5 Å². The summed E-state index contributed by atoms with van der Waals surface area (Å²) in [6.07, 6.45) is -0.731. The van der Waals surface area contributed by atoms with E-state index in [1.165, 1.54) is 11.3 Å². The van der Waals surface area contributed by atoms with Gasteiger partial charge in [0.2, 0.25) is 0 Å². The molecular formula is C15H18O3S. The summed E-state index contributed by atoms with van der Waals surface area (Å²) in [5.74, 6) is 1.42. The van der Waals surface area contributed by atoms with E-state index in [9.17, 15) is 5.11 Å². The van der Waals surface area contributed by atoms with Gasteiger partial charge in [-0.3, -0.25) is 0 Å². The summed E-state index contributed by atoms with van der Waals surface area (Å²) in [6, 6.07) is 5.84. The van der Waals surface area contributed by atoms with Gasteiger partial charge in [-0.15, -0.1) is 11.3 Å². The predicted molar refractivity (Wildman–Crippen MR) is 77.4 cm³/mol. The highest BCUT2D eigenvalue weighted by Crippen LogP contribution is 2.39. The number of aliphatic hydroxyl groups excluding tert-OH is 1. The quantitative estimate of drug-likeness (QED) is 0.930. The second-order valence-corrected chi connectivity index (χ2v) is 5.40. The van der Waals surface area contributed by atoms with Crippen molar-refractivity contribution < 1.29 is 14.6 Å². The Balaban J connectivity index is 2.52. The van der Waals surface area contributed by atoms with Crippen LogP contribution in [0.15, 0.2) is 23.6 Å². The van der Waals surface area contributed by atoms with Crippen LogP contribution >= 0.6 is 11.3 Å². The van der Waals surface area contributed by atoms with Crippen molar-refractivity contribution in [3.63, 3.8) is 0 Å². The lowest BCUT2D eigenvalue weighted by molar-refractivity contribution is 0.213. The summed E-state index contributed by atoms with van der Waals surface area (Å²) in [6.45, 7) is 3.99. The summed E-state index contributed by atoms with van der Waals surface area (Å²) < 4.78 is 10.7. The minimum Gasteiger partial charge on any atom is -0.496 e. The van der Waals surface area contributed by atoms with Crippen molar-refractivity contribution in [2.45, 2.75) is 20.0 Å². The number of benzene rings is 1. The van der Waals surface area contributed by atoms with E-state index in [1.807, 2.05) is 37.4 Å². The molecule has 19 heavy (non-hydrogen) atoms. The fourth-order valence-corrected chi connectivity index (χ4v) is 3.12. The molecule has 1 unspecified atom stereocenters. The Labute approximate surface area is 117 Å². The smallest absolute Gasteiger partial charge is 0.135 e. The van der Waals surface area contributed by atoms with Crippen molar-refractivity contribution in [2.24, 2.45) is 0 Å². The van der Waals surface area contributed by atoms with Crippen LogP contribution in [0.2, 0.25) is 0 Å². The van der Waals surface area contributed by atoms with E-state index in [0.717, 1.165) is 21.6 Å². The van der Waals surface area contributed by atoms with Crippen LogP contribution in [0.4, 0.5) is 0 Å². The van der Waals surface area contributed by atoms with Gasteiger partial charge in [-0.1, -0.05) is 6.07 Å². The lowest BCUT2D eigenvalue weighted by atomic mass is 9.98. The van der Waals surface area contributed by atoms with Gasteiger partial charge in [0, 0.05) is 5.56 Å². The SMILES string of the molecule is COc1ccsc1C(O)c1c(C)cc(C)cc1OC. The molecule has 2 rings (SSSR count). The lowest BCUT2D eigenvalue weighted by Gasteiger charge is -2.18. The Kier molecular flexibility index (Phi) is 4.12. The summed E-state index contributed by atoms with van der Waals surface area (Å²) in [4.78, 5) is 0.799. The fraction of sp³-hybridized carbons (Fsp3) is 0.333. The molecule has 4 heteroatoms. The first-order valence-electron chi connectivity index (χ1n) is 6.03. The number of aliphatic hydroxyl groups is 1. The number of aryl methyl sites for hydroxylation is 2. The minimum absolute atomic E-state index is 0.708. The number of rotatable bonds is 4. The zero-order valence-electron chi connectivity index (χ0n) is 11.6. The first kappa shape index (κ1) is 13.9. The Morgan fingerprint density at radius 3 is 2.42 bits per heavy atom. The number of ether oxygens (including phenoxy) is 2. The van der Waals surface area contributed by atoms with Crippen molar-refractivity contribution in [3.05, 3.63) is 45.1 Å². The Hall–Kier alpha value is -1.52. The average Bonchev–Trinajstić information content (AvgIpc) is 2.85. The van der Waals surface area contributed by atoms with Crippen molar-refractivity contribution in [1.82, 2.24) is 0 Å². The van der Waals surface area contributed by atoms with Crippen LogP contribution in [-0.2, 0) is 0 Å². The van der Waals surface area contributed by atoms with Gasteiger partial charge in [-0.25, -0.2) is 0 Å². The highest BCUT2D eigenvalue weighted by Gasteiger charge is 2.22. The first-order valence-corrected chi connectivity index (χ1v) is 6.91. The van der Waals surface area contributed by atoms with Crippen molar-refractivity contribution in [1.29, 1.82) is 0 Å². The molecule has 3 nitrogen and oxygen atoms in total. The molecule has 2 aromatic rings. The maximum atomic E-state index is 10.6. The van der Waals surface area contributed by atoms with E-state index < -0.39 is 6.10 Å². The van der Waals surface area contributed by atoms with E-state index >= 15 is 0 Å². The van der Waals surface area contributed by atoms with Crippen molar-refractivity contribution in [3.8, 4) is 11.5 Å². The molecule has 0 radical (unpaired) electrons. The van der Waals surface area contributed by atoms with Gasteiger partial charge in [0.15, 0.2) is 0 Å². The maximum Gasteiger partial charge on any atom is 0.135 e. The van der Waals surface area contributed by atoms with Gasteiger partial charge in [0.25, 0.3) is 0 Å². The standard InChI is InChI=1S/C15H18O3S/c1-9-7-10(2)13(12(8-9)18-4)14(16)15-11(17-3)5-6-19-15/h5-8,14,16H,1-4H3. The second-order valence-electron chi connectivity index (χ2n) is 4.45. The molecule has 1 atom stereocenters. The molecule has 0 bridgehead atoms. The van der Waals surface area contributed by atoms with E-state index in [2.05, 4.69) is 0 Å². The van der Waals surface area contributed by atoms with Crippen molar-refractivity contribution >= 4 is 11.3 Å². The van der Waals surface area contributed by atoms with Crippen LogP contribution in [0.25, 0.3) is 0 Å². The third-order valence-electron chi connectivity index (χ3n) is 3.11. The van der Waals surface area contributed by atoms with Gasteiger partial charge in [0.1, 0.15) is 17.6 Å². The normalized spacial score (nSPS) is 12.3. The van der Waals surface area contributed by atoms with E-state index in [4.69, 9.17) is 9.47 Å². The summed E-state index contributed by atoms with van der Waals surface area (Å²) >= 11 is 1.48. The second kappa shape index (κ2) is 5.63. The Bertz CT molecular complexity index is 575. The topological polar surface area (TPSA) is 38.7 Å². The molecule has 1 aromatic carbocycles. The molecule has 0 saturated carbocycles. The van der Waals surface area contributed by atoms with Crippen LogP contribution in [0.1, 0.15) is 27.7 Å². The number of hydrogen-bond acceptors (Lipinski definition) is 4. The highest BCUT2D eigenvalue weighted by molar-refractivity contribution is 7.10. The molecule has 102 valence electrons. The van der Waals surface area contributed by atoms with Gasteiger partial charge in [-0.05, 0) is 42.5 Å². The molecule has 0 amide bonds. The molecule has 0 aliphatic heterocycles. The number of methoxy groups -OCH3 is 2. The Morgan fingerprint density at radius 2 is 1.79 bits per heavy atom. The van der Waals surface area contributed by atoms with Gasteiger partial charge >= 0.3 is 0 Å². The molecule has 1 N–H and O–H groups in total. The zero-order valence-corrected chi connectivity index (χ0v) is 12.4. The predicted octanol–water partition coefficient (Wildman–Crippen LogP) is 3.46. The van der Waals surface area contributed by atoms with E-state index in [-0.39, 0.29) is 0 Å². The van der Waals surface area contributed by atoms with E-state index in [1.54, 1.807) is 14.2 Å². The Morgan fingerprint density at radius 1 is 1.11 bits per heavy atom. The minimum atomic E-state index is -0.731. The van der Waals surface area contributed by atoms with Gasteiger partial charge < -0.3 is 14.6 Å². The molecule has 0 aliphatic rings. The van der Waals surface area contributed by atoms with Crippen LogP contribution in [0.5, 0.6) is 11.5 Å². The monoisotopic (exact) mass is 278 g/mol. The highest BCUT2D eigenvalue weighted by atomic mass is 32.1. The van der Waals surface area contributed by atoms with Crippen molar-refractivity contribution in [2.75, 3.05) is 14.2 Å². The van der Waals surface area contributed by atoms with Crippen LogP contribution in [0, 0.1) is 13.8 Å². The van der Waals surface area contributed by atoms with Gasteiger partial charge in [-0.2, -0.15) is 0 Å². The molecular weight excluding hydrogens is 260 g/mol. The van der Waals surface area contributed by atoms with Crippen LogP contribution in [-0.4, -0.2) is 19.3 Å². The molecule has 0 aliphatic carbocycles. The molecule has 1 aromatic heterocycles. The summed E-state index contributed by atoms with van der Waals surface area (Å²) in [7, 11) is 3.23. The fourth-order valence-electron chi connectivity index (χ4n) is 2.27. The molecule has 0 saturated heterocycles. The molecule has 0 fully saturated rings. The van der Waals surface area contributed by atoms with Gasteiger partial charge in [0.05, 0.1) is 19.1 Å². The van der Waals surface area contributed by atoms with Crippen LogP contribution in [0.3, 0.4) is 0 Å². The summed E-state index contributed by atoms with van der Waals surface area (Å²) in [5.41, 5.74) is 2.93. The van der Waals surface area contributed by atoms with Crippen LogP contribution < -0.4 is 9.47 Å². The third-order valence-corrected chi connectivity index (χ3v) is 4.06. The third kappa shape index (κ3) is 2.60. The summed E-state index contributed by atoms with van der Waals surface area (Å²) in [5, 5.41) is 12.5. The number of thiophene rings is 1. The first-order chi connectivity index (χ1) is 9.08. The lowest BCUT2D eigenvalue weighted by Crippen LogP contribution is -2.05. The zero-order chi connectivity index (χ0) is 14.0. The largest absolute Gasteiger partial charge is 0.496 e.